The normalized spacial score (nSPS) is 9.69. The highest BCUT2D eigenvalue weighted by Crippen LogP contribution is 2.22. The van der Waals surface area contributed by atoms with E-state index in [4.69, 9.17) is 5.26 Å². The van der Waals surface area contributed by atoms with E-state index in [1.807, 2.05) is 32.8 Å². The molecule has 1 rings (SSSR count). The first kappa shape index (κ1) is 12.2. The first-order valence-corrected chi connectivity index (χ1v) is 5.21. The lowest BCUT2D eigenvalue weighted by Crippen LogP contribution is -2.21. The number of anilines is 2. The van der Waals surface area contributed by atoms with E-state index in [1.165, 1.54) is 0 Å². The summed E-state index contributed by atoms with van der Waals surface area (Å²) >= 11 is 0. The Morgan fingerprint density at radius 2 is 2.06 bits per heavy atom. The van der Waals surface area contributed by atoms with Crippen molar-refractivity contribution in [2.24, 2.45) is 0 Å². The van der Waals surface area contributed by atoms with E-state index in [0.29, 0.717) is 13.0 Å². The summed E-state index contributed by atoms with van der Waals surface area (Å²) in [7, 11) is 3.78. The molecule has 0 unspecified atom stereocenters. The van der Waals surface area contributed by atoms with Gasteiger partial charge < -0.3 is 10.2 Å². The summed E-state index contributed by atoms with van der Waals surface area (Å²) in [5.41, 5.74) is 1.01. The van der Waals surface area contributed by atoms with Crippen molar-refractivity contribution < 1.29 is 0 Å². The molecule has 0 fully saturated rings. The first-order valence-electron chi connectivity index (χ1n) is 5.21. The number of rotatable bonds is 4. The molecule has 0 bridgehead atoms. The van der Waals surface area contributed by atoms with Crippen LogP contribution in [0.1, 0.15) is 17.8 Å². The van der Waals surface area contributed by atoms with Crippen molar-refractivity contribution in [3.8, 4) is 6.07 Å². The Morgan fingerprint density at radius 1 is 1.38 bits per heavy atom. The Morgan fingerprint density at radius 3 is 2.62 bits per heavy atom. The van der Waals surface area contributed by atoms with Crippen molar-refractivity contribution in [1.29, 1.82) is 5.26 Å². The molecule has 5 heteroatoms. The molecule has 1 aromatic rings. The summed E-state index contributed by atoms with van der Waals surface area (Å²) in [4.78, 5) is 10.7. The van der Waals surface area contributed by atoms with Crippen molar-refractivity contribution in [3.63, 3.8) is 0 Å². The highest BCUT2D eigenvalue weighted by Gasteiger charge is 2.11. The molecule has 1 N–H and O–H groups in total. The molecule has 0 atom stereocenters. The zero-order chi connectivity index (χ0) is 12.1. The molecule has 5 nitrogen and oxygen atoms in total. The minimum atomic E-state index is 0.494. The maximum Gasteiger partial charge on any atom is 0.137 e. The van der Waals surface area contributed by atoms with Gasteiger partial charge in [0.05, 0.1) is 12.5 Å². The van der Waals surface area contributed by atoms with E-state index >= 15 is 0 Å². The van der Waals surface area contributed by atoms with E-state index in [-0.39, 0.29) is 0 Å². The summed E-state index contributed by atoms with van der Waals surface area (Å²) in [6, 6.07) is 2.13. The van der Waals surface area contributed by atoms with Crippen LogP contribution in [0.15, 0.2) is 0 Å². The van der Waals surface area contributed by atoms with E-state index < -0.39 is 0 Å². The monoisotopic (exact) mass is 219 g/mol. The fourth-order valence-electron chi connectivity index (χ4n) is 1.55. The Kier molecular flexibility index (Phi) is 4.06. The maximum absolute atomic E-state index is 8.56. The van der Waals surface area contributed by atoms with E-state index in [1.54, 1.807) is 0 Å². The van der Waals surface area contributed by atoms with Crippen LogP contribution < -0.4 is 10.2 Å². The third-order valence-electron chi connectivity index (χ3n) is 2.39. The fourth-order valence-corrected chi connectivity index (χ4v) is 1.55. The summed E-state index contributed by atoms with van der Waals surface area (Å²) < 4.78 is 0. The van der Waals surface area contributed by atoms with Gasteiger partial charge in [0, 0.05) is 26.2 Å². The van der Waals surface area contributed by atoms with Gasteiger partial charge in [0.15, 0.2) is 0 Å². The molecule has 0 amide bonds. The van der Waals surface area contributed by atoms with Crippen LogP contribution >= 0.6 is 0 Å². The van der Waals surface area contributed by atoms with Gasteiger partial charge in [-0.25, -0.2) is 9.97 Å². The smallest absolute Gasteiger partial charge is 0.137 e. The molecule has 1 aromatic heterocycles. The Labute approximate surface area is 96.1 Å². The number of hydrogen-bond donors (Lipinski definition) is 1. The van der Waals surface area contributed by atoms with Crippen LogP contribution in [0.25, 0.3) is 0 Å². The van der Waals surface area contributed by atoms with Gasteiger partial charge in [-0.3, -0.25) is 0 Å². The largest absolute Gasteiger partial charge is 0.373 e. The maximum atomic E-state index is 8.56. The second-order valence-corrected chi connectivity index (χ2v) is 3.65. The second-order valence-electron chi connectivity index (χ2n) is 3.65. The predicted octanol–water partition coefficient (Wildman–Crippen LogP) is 1.49. The Hall–Kier alpha value is -1.83. The standard InChI is InChI=1S/C11H17N5/c1-8-10(13-3)14-9(2)15-11(8)16(4)7-5-6-12/h5,7H2,1-4H3,(H,13,14,15). The molecule has 0 saturated carbocycles. The van der Waals surface area contributed by atoms with Crippen LogP contribution in [0.5, 0.6) is 0 Å². The van der Waals surface area contributed by atoms with Gasteiger partial charge in [0.25, 0.3) is 0 Å². The minimum absolute atomic E-state index is 0.494. The van der Waals surface area contributed by atoms with Gasteiger partial charge in [-0.15, -0.1) is 0 Å². The van der Waals surface area contributed by atoms with Crippen molar-refractivity contribution in [2.45, 2.75) is 20.3 Å². The molecule has 0 saturated heterocycles. The molecule has 0 aliphatic rings. The predicted molar refractivity (Wildman–Crippen MR) is 64.6 cm³/mol. The molecule has 0 spiro atoms. The summed E-state index contributed by atoms with van der Waals surface area (Å²) in [5.74, 6) is 2.45. The van der Waals surface area contributed by atoms with Crippen LogP contribution in [-0.4, -0.2) is 30.6 Å². The van der Waals surface area contributed by atoms with Crippen molar-refractivity contribution in [2.75, 3.05) is 30.9 Å². The zero-order valence-electron chi connectivity index (χ0n) is 10.2. The van der Waals surface area contributed by atoms with Crippen molar-refractivity contribution >= 4 is 11.6 Å². The average molecular weight is 219 g/mol. The number of hydrogen-bond acceptors (Lipinski definition) is 5. The SMILES string of the molecule is CNc1nc(C)nc(N(C)CCC#N)c1C. The van der Waals surface area contributed by atoms with Gasteiger partial charge in [-0.05, 0) is 13.8 Å². The third kappa shape index (κ3) is 2.60. The van der Waals surface area contributed by atoms with Gasteiger partial charge >= 0.3 is 0 Å². The number of nitriles is 1. The van der Waals surface area contributed by atoms with Gasteiger partial charge in [-0.2, -0.15) is 5.26 Å². The van der Waals surface area contributed by atoms with Crippen LogP contribution in [0.4, 0.5) is 11.6 Å². The molecule has 16 heavy (non-hydrogen) atoms. The van der Waals surface area contributed by atoms with Crippen LogP contribution in [0.2, 0.25) is 0 Å². The molecule has 86 valence electrons. The number of nitrogens with zero attached hydrogens (tertiary/aromatic N) is 4. The second kappa shape index (κ2) is 5.31. The summed E-state index contributed by atoms with van der Waals surface area (Å²) in [6.45, 7) is 4.52. The van der Waals surface area contributed by atoms with Crippen LogP contribution in [-0.2, 0) is 0 Å². The fraction of sp³-hybridized carbons (Fsp3) is 0.545. The Bertz CT molecular complexity index is 408. The summed E-state index contributed by atoms with van der Waals surface area (Å²) in [5, 5.41) is 11.6. The molecule has 0 aromatic carbocycles. The topological polar surface area (TPSA) is 64.8 Å². The molecule has 0 aliphatic carbocycles. The number of nitrogens with one attached hydrogen (secondary N) is 1. The lowest BCUT2D eigenvalue weighted by molar-refractivity contribution is 0.863. The quantitative estimate of drug-likeness (QED) is 0.831. The Balaban J connectivity index is 3.03. The van der Waals surface area contributed by atoms with Gasteiger partial charge in [0.2, 0.25) is 0 Å². The molecular formula is C11H17N5. The first-order chi connectivity index (χ1) is 7.60. The van der Waals surface area contributed by atoms with Crippen LogP contribution in [0.3, 0.4) is 0 Å². The zero-order valence-corrected chi connectivity index (χ0v) is 10.2. The lowest BCUT2D eigenvalue weighted by Gasteiger charge is -2.20. The van der Waals surface area contributed by atoms with Gasteiger partial charge in [-0.1, -0.05) is 0 Å². The number of aromatic nitrogens is 2. The lowest BCUT2D eigenvalue weighted by atomic mass is 10.2. The highest BCUT2D eigenvalue weighted by molar-refractivity contribution is 5.58. The van der Waals surface area contributed by atoms with Crippen LogP contribution in [0, 0.1) is 25.2 Å². The van der Waals surface area contributed by atoms with Crippen molar-refractivity contribution in [3.05, 3.63) is 11.4 Å². The van der Waals surface area contributed by atoms with E-state index in [0.717, 1.165) is 23.0 Å². The third-order valence-corrected chi connectivity index (χ3v) is 2.39. The molecule has 1 heterocycles. The van der Waals surface area contributed by atoms with E-state index in [9.17, 15) is 0 Å². The molecule has 0 aliphatic heterocycles. The molecular weight excluding hydrogens is 202 g/mol. The average Bonchev–Trinajstić information content (AvgIpc) is 2.28. The number of aryl methyl sites for hydroxylation is 1. The minimum Gasteiger partial charge on any atom is -0.373 e. The van der Waals surface area contributed by atoms with E-state index in [2.05, 4.69) is 21.4 Å². The van der Waals surface area contributed by atoms with Crippen molar-refractivity contribution in [1.82, 2.24) is 9.97 Å². The summed E-state index contributed by atoms with van der Waals surface area (Å²) in [6.07, 6.45) is 0.494. The highest BCUT2D eigenvalue weighted by atomic mass is 15.2. The van der Waals surface area contributed by atoms with Gasteiger partial charge in [0.1, 0.15) is 17.5 Å². The molecule has 0 radical (unpaired) electrons.